The van der Waals surface area contributed by atoms with Crippen molar-refractivity contribution >= 4 is 39.2 Å². The number of para-hydroxylation sites is 1. The summed E-state index contributed by atoms with van der Waals surface area (Å²) < 4.78 is 37.3. The fourth-order valence-corrected chi connectivity index (χ4v) is 4.58. The summed E-state index contributed by atoms with van der Waals surface area (Å²) >= 11 is 6.16. The van der Waals surface area contributed by atoms with Gasteiger partial charge in [0.2, 0.25) is 10.0 Å². The summed E-state index contributed by atoms with van der Waals surface area (Å²) in [4.78, 5) is 24.9. The van der Waals surface area contributed by atoms with E-state index in [0.29, 0.717) is 13.2 Å². The Kier molecular flexibility index (Phi) is 7.09. The molecule has 1 N–H and O–H groups in total. The molecule has 0 radical (unpaired) electrons. The average molecular weight is 453 g/mol. The number of rotatable bonds is 6. The van der Waals surface area contributed by atoms with Crippen LogP contribution in [0.1, 0.15) is 27.6 Å². The number of morpholine rings is 1. The number of carbonyl (C=O) groups excluding carboxylic acids is 2. The fraction of sp³-hybridized carbons (Fsp3) is 0.300. The van der Waals surface area contributed by atoms with Crippen LogP contribution in [-0.2, 0) is 19.5 Å². The van der Waals surface area contributed by atoms with Gasteiger partial charge in [0.1, 0.15) is 0 Å². The van der Waals surface area contributed by atoms with Crippen LogP contribution in [0.15, 0.2) is 47.4 Å². The zero-order valence-electron chi connectivity index (χ0n) is 16.3. The van der Waals surface area contributed by atoms with Crippen molar-refractivity contribution in [1.29, 1.82) is 0 Å². The molecule has 8 nitrogen and oxygen atoms in total. The van der Waals surface area contributed by atoms with E-state index >= 15 is 0 Å². The first-order chi connectivity index (χ1) is 14.3. The minimum atomic E-state index is -3.80. The lowest BCUT2D eigenvalue weighted by atomic mass is 10.1. The zero-order valence-corrected chi connectivity index (χ0v) is 17.8. The Balaban J connectivity index is 1.89. The molecule has 160 valence electrons. The van der Waals surface area contributed by atoms with Crippen molar-refractivity contribution < 1.29 is 27.5 Å². The van der Waals surface area contributed by atoms with E-state index in [4.69, 9.17) is 21.1 Å². The molecular formula is C20H21ClN2O6S. The van der Waals surface area contributed by atoms with Crippen LogP contribution < -0.4 is 5.32 Å². The third kappa shape index (κ3) is 4.81. The van der Waals surface area contributed by atoms with Crippen molar-refractivity contribution in [2.45, 2.75) is 11.8 Å². The van der Waals surface area contributed by atoms with E-state index in [1.54, 1.807) is 25.1 Å². The lowest BCUT2D eigenvalue weighted by Crippen LogP contribution is -2.40. The quantitative estimate of drug-likeness (QED) is 0.676. The Hall–Kier alpha value is -2.46. The number of sulfonamides is 1. The first kappa shape index (κ1) is 22.2. The van der Waals surface area contributed by atoms with Crippen molar-refractivity contribution in [2.24, 2.45) is 0 Å². The molecule has 0 aromatic heterocycles. The number of hydrogen-bond donors (Lipinski definition) is 1. The molecule has 30 heavy (non-hydrogen) atoms. The van der Waals surface area contributed by atoms with E-state index < -0.39 is 21.9 Å². The second-order valence-corrected chi connectivity index (χ2v) is 8.72. The average Bonchev–Trinajstić information content (AvgIpc) is 2.75. The van der Waals surface area contributed by atoms with Gasteiger partial charge >= 0.3 is 5.97 Å². The molecule has 1 fully saturated rings. The molecule has 0 saturated carbocycles. The first-order valence-electron chi connectivity index (χ1n) is 9.29. The van der Waals surface area contributed by atoms with Crippen LogP contribution >= 0.6 is 11.6 Å². The molecule has 10 heteroatoms. The first-order valence-corrected chi connectivity index (χ1v) is 11.1. The maximum Gasteiger partial charge on any atom is 0.340 e. The summed E-state index contributed by atoms with van der Waals surface area (Å²) in [6, 6.07) is 10.3. The minimum Gasteiger partial charge on any atom is -0.462 e. The van der Waals surface area contributed by atoms with Crippen LogP contribution in [0.5, 0.6) is 0 Å². The number of esters is 1. The Morgan fingerprint density at radius 3 is 2.53 bits per heavy atom. The van der Waals surface area contributed by atoms with E-state index in [1.807, 2.05) is 0 Å². The number of carbonyl (C=O) groups is 2. The van der Waals surface area contributed by atoms with Crippen molar-refractivity contribution in [1.82, 2.24) is 4.31 Å². The van der Waals surface area contributed by atoms with Crippen molar-refractivity contribution in [3.05, 3.63) is 58.6 Å². The number of ether oxygens (including phenoxy) is 2. The molecule has 1 aliphatic rings. The Labute approximate surface area is 179 Å². The third-order valence-corrected chi connectivity index (χ3v) is 6.69. The van der Waals surface area contributed by atoms with Gasteiger partial charge in [-0.2, -0.15) is 4.31 Å². The number of hydrogen-bond acceptors (Lipinski definition) is 6. The number of benzene rings is 2. The molecule has 1 heterocycles. The fourth-order valence-electron chi connectivity index (χ4n) is 2.94. The van der Waals surface area contributed by atoms with E-state index in [-0.39, 0.29) is 46.4 Å². The molecule has 3 rings (SSSR count). The minimum absolute atomic E-state index is 0.0235. The molecule has 0 spiro atoms. The lowest BCUT2D eigenvalue weighted by molar-refractivity contribution is 0.0527. The molecule has 0 aliphatic carbocycles. The number of anilines is 1. The Morgan fingerprint density at radius 2 is 1.83 bits per heavy atom. The van der Waals surface area contributed by atoms with Crippen LogP contribution in [0.3, 0.4) is 0 Å². The normalized spacial score (nSPS) is 14.9. The summed E-state index contributed by atoms with van der Waals surface area (Å²) in [7, 11) is -3.80. The standard InChI is InChI=1S/C20H21ClN2O6S/c1-2-29-20(25)15-5-3-4-6-18(15)22-19(24)16-13-14(7-8-17(16)21)30(26,27)23-9-11-28-12-10-23/h3-8,13H,2,9-12H2,1H3,(H,22,24). The summed E-state index contributed by atoms with van der Waals surface area (Å²) in [6.45, 7) is 2.96. The van der Waals surface area contributed by atoms with Gasteiger partial charge in [0.25, 0.3) is 5.91 Å². The van der Waals surface area contributed by atoms with E-state index in [1.165, 1.54) is 28.6 Å². The van der Waals surface area contributed by atoms with Crippen molar-refractivity contribution in [3.63, 3.8) is 0 Å². The Bertz CT molecular complexity index is 1050. The summed E-state index contributed by atoms with van der Waals surface area (Å²) in [6.07, 6.45) is 0. The topological polar surface area (TPSA) is 102 Å². The summed E-state index contributed by atoms with van der Waals surface area (Å²) in [5.74, 6) is -1.22. The highest BCUT2D eigenvalue weighted by Gasteiger charge is 2.28. The highest BCUT2D eigenvalue weighted by atomic mass is 35.5. The van der Waals surface area contributed by atoms with E-state index in [9.17, 15) is 18.0 Å². The SMILES string of the molecule is CCOC(=O)c1ccccc1NC(=O)c1cc(S(=O)(=O)N2CCOCC2)ccc1Cl. The van der Waals surface area contributed by atoms with Gasteiger partial charge in [0.05, 0.1) is 46.6 Å². The monoisotopic (exact) mass is 452 g/mol. The molecule has 0 bridgehead atoms. The maximum atomic E-state index is 12.9. The molecule has 1 saturated heterocycles. The van der Waals surface area contributed by atoms with Crippen LogP contribution in [0.4, 0.5) is 5.69 Å². The van der Waals surface area contributed by atoms with Gasteiger partial charge in [-0.05, 0) is 37.3 Å². The largest absolute Gasteiger partial charge is 0.462 e. The van der Waals surface area contributed by atoms with Crippen LogP contribution in [0, 0.1) is 0 Å². The zero-order chi connectivity index (χ0) is 21.7. The van der Waals surface area contributed by atoms with Crippen molar-refractivity contribution in [2.75, 3.05) is 38.2 Å². The van der Waals surface area contributed by atoms with Crippen molar-refractivity contribution in [3.8, 4) is 0 Å². The molecule has 0 unspecified atom stereocenters. The molecule has 1 amide bonds. The number of nitrogens with one attached hydrogen (secondary N) is 1. The van der Waals surface area contributed by atoms with E-state index in [2.05, 4.69) is 5.32 Å². The smallest absolute Gasteiger partial charge is 0.340 e. The molecule has 1 aliphatic heterocycles. The second-order valence-electron chi connectivity index (χ2n) is 6.38. The van der Waals surface area contributed by atoms with E-state index in [0.717, 1.165) is 0 Å². The Morgan fingerprint density at radius 1 is 1.13 bits per heavy atom. The molecule has 0 atom stereocenters. The molecule has 2 aromatic rings. The highest BCUT2D eigenvalue weighted by Crippen LogP contribution is 2.25. The second kappa shape index (κ2) is 9.57. The number of amides is 1. The van der Waals surface area contributed by atoms with Gasteiger partial charge < -0.3 is 14.8 Å². The van der Waals surface area contributed by atoms with Gasteiger partial charge in [-0.15, -0.1) is 0 Å². The predicted molar refractivity (Wildman–Crippen MR) is 111 cm³/mol. The lowest BCUT2D eigenvalue weighted by Gasteiger charge is -2.26. The van der Waals surface area contributed by atoms with Crippen LogP contribution in [0.2, 0.25) is 5.02 Å². The van der Waals surface area contributed by atoms with Gasteiger partial charge in [-0.3, -0.25) is 4.79 Å². The number of halogens is 1. The molecule has 2 aromatic carbocycles. The molecular weight excluding hydrogens is 432 g/mol. The predicted octanol–water partition coefficient (Wildman–Crippen LogP) is 2.79. The summed E-state index contributed by atoms with van der Waals surface area (Å²) in [5.41, 5.74) is 0.393. The van der Waals surface area contributed by atoms with Gasteiger partial charge in [0, 0.05) is 13.1 Å². The maximum absolute atomic E-state index is 12.9. The number of nitrogens with zero attached hydrogens (tertiary/aromatic N) is 1. The van der Waals surface area contributed by atoms with Gasteiger partial charge in [-0.25, -0.2) is 13.2 Å². The summed E-state index contributed by atoms with van der Waals surface area (Å²) in [5, 5.41) is 2.70. The third-order valence-electron chi connectivity index (χ3n) is 4.46. The van der Waals surface area contributed by atoms with Gasteiger partial charge in [0.15, 0.2) is 0 Å². The van der Waals surface area contributed by atoms with Gasteiger partial charge in [-0.1, -0.05) is 23.7 Å². The highest BCUT2D eigenvalue weighted by molar-refractivity contribution is 7.89. The van der Waals surface area contributed by atoms with Crippen LogP contribution in [0.25, 0.3) is 0 Å². The van der Waals surface area contributed by atoms with Crippen LogP contribution in [-0.4, -0.2) is 57.5 Å².